The fourth-order valence-electron chi connectivity index (χ4n) is 2.11. The molecule has 1 atom stereocenters. The Morgan fingerprint density at radius 2 is 1.75 bits per heavy atom. The van der Waals surface area contributed by atoms with Crippen LogP contribution in [0, 0.1) is 0 Å². The number of halogens is 2. The third-order valence-corrected chi connectivity index (χ3v) is 3.97. The van der Waals surface area contributed by atoms with Crippen LogP contribution >= 0.6 is 23.2 Å². The molecule has 0 aliphatic rings. The summed E-state index contributed by atoms with van der Waals surface area (Å²) in [6.45, 7) is 1.95. The third kappa shape index (κ3) is 5.25. The summed E-state index contributed by atoms with van der Waals surface area (Å²) in [5, 5.41) is 3.77. The lowest BCUT2D eigenvalue weighted by atomic mass is 10.1. The van der Waals surface area contributed by atoms with E-state index in [2.05, 4.69) is 5.32 Å². The van der Waals surface area contributed by atoms with Crippen molar-refractivity contribution in [3.8, 4) is 0 Å². The fraction of sp³-hybridized carbons (Fsp3) is 0.222. The van der Waals surface area contributed by atoms with Gasteiger partial charge in [0.2, 0.25) is 0 Å². The van der Waals surface area contributed by atoms with Gasteiger partial charge in [-0.3, -0.25) is 9.59 Å². The van der Waals surface area contributed by atoms with Crippen LogP contribution in [0.4, 0.5) is 0 Å². The second-order valence-electron chi connectivity index (χ2n) is 5.17. The second-order valence-corrected chi connectivity index (χ2v) is 6.01. The summed E-state index contributed by atoms with van der Waals surface area (Å²) in [4.78, 5) is 23.8. The molecule has 0 radical (unpaired) electrons. The minimum Gasteiger partial charge on any atom is -0.458 e. The van der Waals surface area contributed by atoms with Crippen molar-refractivity contribution in [2.24, 2.45) is 0 Å². The number of amides is 1. The third-order valence-electron chi connectivity index (χ3n) is 3.37. The van der Waals surface area contributed by atoms with Crippen LogP contribution in [0.15, 0.2) is 48.5 Å². The van der Waals surface area contributed by atoms with Gasteiger partial charge >= 0.3 is 5.97 Å². The Hall–Kier alpha value is -2.04. The average molecular weight is 366 g/mol. The molecule has 24 heavy (non-hydrogen) atoms. The monoisotopic (exact) mass is 365 g/mol. The lowest BCUT2D eigenvalue weighted by Gasteiger charge is -2.15. The zero-order valence-electron chi connectivity index (χ0n) is 13.1. The second kappa shape index (κ2) is 8.71. The Balaban J connectivity index is 1.78. The van der Waals surface area contributed by atoms with Gasteiger partial charge < -0.3 is 10.1 Å². The maximum atomic E-state index is 11.9. The highest BCUT2D eigenvalue weighted by Gasteiger charge is 2.14. The van der Waals surface area contributed by atoms with Crippen LogP contribution in [0.25, 0.3) is 0 Å². The molecule has 0 saturated heterocycles. The highest BCUT2D eigenvalue weighted by molar-refractivity contribution is 6.31. The molecule has 2 aromatic carbocycles. The van der Waals surface area contributed by atoms with Gasteiger partial charge in [-0.2, -0.15) is 0 Å². The van der Waals surface area contributed by atoms with E-state index in [9.17, 15) is 9.59 Å². The minimum absolute atomic E-state index is 0.0775. The standard InChI is InChI=1S/C18H17Cl2NO3/c1-12(15-4-2-3-5-16(15)20)24-17(22)10-11-21-18(23)13-6-8-14(19)9-7-13/h2-9,12H,10-11H2,1H3,(H,21,23)/t12-/m0/s1. The number of carbonyl (C=O) groups excluding carboxylic acids is 2. The molecule has 0 spiro atoms. The van der Waals surface area contributed by atoms with E-state index in [-0.39, 0.29) is 18.9 Å². The van der Waals surface area contributed by atoms with Gasteiger partial charge in [-0.15, -0.1) is 0 Å². The molecule has 126 valence electrons. The molecule has 0 aliphatic heterocycles. The van der Waals surface area contributed by atoms with Crippen molar-refractivity contribution in [1.82, 2.24) is 5.32 Å². The lowest BCUT2D eigenvalue weighted by molar-refractivity contribution is -0.148. The summed E-state index contributed by atoms with van der Waals surface area (Å²) in [6.07, 6.45) is -0.369. The predicted molar refractivity (Wildman–Crippen MR) is 94.4 cm³/mol. The topological polar surface area (TPSA) is 55.4 Å². The number of nitrogens with one attached hydrogen (secondary N) is 1. The minimum atomic E-state index is -0.446. The van der Waals surface area contributed by atoms with Crippen LogP contribution in [0.5, 0.6) is 0 Å². The Morgan fingerprint density at radius 3 is 2.42 bits per heavy atom. The number of ether oxygens (including phenoxy) is 1. The van der Waals surface area contributed by atoms with Crippen molar-refractivity contribution in [2.45, 2.75) is 19.4 Å². The molecule has 0 saturated carbocycles. The molecular formula is C18H17Cl2NO3. The van der Waals surface area contributed by atoms with E-state index in [1.165, 1.54) is 0 Å². The molecule has 0 fully saturated rings. The van der Waals surface area contributed by atoms with Crippen LogP contribution < -0.4 is 5.32 Å². The zero-order chi connectivity index (χ0) is 17.5. The molecule has 0 heterocycles. The summed E-state index contributed by atoms with van der Waals surface area (Å²) < 4.78 is 5.33. The van der Waals surface area contributed by atoms with Gasteiger partial charge in [0, 0.05) is 27.7 Å². The van der Waals surface area contributed by atoms with Crippen LogP contribution in [0.3, 0.4) is 0 Å². The Bertz CT molecular complexity index is 716. The fourth-order valence-corrected chi connectivity index (χ4v) is 2.52. The molecule has 6 heteroatoms. The number of esters is 1. The molecule has 0 aromatic heterocycles. The average Bonchev–Trinajstić information content (AvgIpc) is 2.55. The first-order valence-corrected chi connectivity index (χ1v) is 8.20. The van der Waals surface area contributed by atoms with Gasteiger partial charge in [0.15, 0.2) is 0 Å². The van der Waals surface area contributed by atoms with E-state index in [1.807, 2.05) is 18.2 Å². The van der Waals surface area contributed by atoms with E-state index in [1.54, 1.807) is 37.3 Å². The summed E-state index contributed by atoms with van der Waals surface area (Å²) in [5.74, 6) is -0.669. The van der Waals surface area contributed by atoms with E-state index < -0.39 is 12.1 Å². The van der Waals surface area contributed by atoms with Gasteiger partial charge in [-0.1, -0.05) is 41.4 Å². The first-order chi connectivity index (χ1) is 11.5. The van der Waals surface area contributed by atoms with Gasteiger partial charge in [-0.05, 0) is 37.3 Å². The SMILES string of the molecule is C[C@H](OC(=O)CCNC(=O)c1ccc(Cl)cc1)c1ccccc1Cl. The molecule has 1 amide bonds. The van der Waals surface area contributed by atoms with Crippen molar-refractivity contribution in [3.63, 3.8) is 0 Å². The maximum Gasteiger partial charge on any atom is 0.308 e. The Morgan fingerprint density at radius 1 is 1.08 bits per heavy atom. The quantitative estimate of drug-likeness (QED) is 0.770. The van der Waals surface area contributed by atoms with Gasteiger partial charge in [0.1, 0.15) is 6.10 Å². The first-order valence-electron chi connectivity index (χ1n) is 7.45. The molecule has 2 aromatic rings. The van der Waals surface area contributed by atoms with Crippen molar-refractivity contribution in [1.29, 1.82) is 0 Å². The van der Waals surface area contributed by atoms with E-state index in [4.69, 9.17) is 27.9 Å². The first kappa shape index (κ1) is 18.3. The Kier molecular flexibility index (Phi) is 6.64. The van der Waals surface area contributed by atoms with Crippen molar-refractivity contribution in [3.05, 3.63) is 69.7 Å². The largest absolute Gasteiger partial charge is 0.458 e. The molecule has 1 N–H and O–H groups in total. The summed E-state index contributed by atoms with van der Waals surface area (Å²) in [5.41, 5.74) is 1.23. The van der Waals surface area contributed by atoms with Crippen LogP contribution in [-0.4, -0.2) is 18.4 Å². The van der Waals surface area contributed by atoms with Gasteiger partial charge in [0.05, 0.1) is 6.42 Å². The van der Waals surface area contributed by atoms with Crippen molar-refractivity contribution < 1.29 is 14.3 Å². The molecule has 2 rings (SSSR count). The maximum absolute atomic E-state index is 11.9. The molecule has 0 unspecified atom stereocenters. The summed E-state index contributed by atoms with van der Waals surface area (Å²) >= 11 is 11.8. The number of rotatable bonds is 6. The van der Waals surface area contributed by atoms with Gasteiger partial charge in [-0.25, -0.2) is 0 Å². The number of carbonyl (C=O) groups is 2. The van der Waals surface area contributed by atoms with Crippen molar-refractivity contribution in [2.75, 3.05) is 6.54 Å². The lowest BCUT2D eigenvalue weighted by Crippen LogP contribution is -2.26. The molecule has 0 aliphatic carbocycles. The van der Waals surface area contributed by atoms with E-state index >= 15 is 0 Å². The highest BCUT2D eigenvalue weighted by atomic mass is 35.5. The molecule has 0 bridgehead atoms. The smallest absolute Gasteiger partial charge is 0.308 e. The normalized spacial score (nSPS) is 11.6. The van der Waals surface area contributed by atoms with E-state index in [0.717, 1.165) is 5.56 Å². The zero-order valence-corrected chi connectivity index (χ0v) is 14.6. The number of benzene rings is 2. The predicted octanol–water partition coefficient (Wildman–Crippen LogP) is 4.42. The van der Waals surface area contributed by atoms with Crippen LogP contribution in [0.1, 0.15) is 35.4 Å². The number of hydrogen-bond donors (Lipinski definition) is 1. The molecule has 4 nitrogen and oxygen atoms in total. The number of hydrogen-bond acceptors (Lipinski definition) is 3. The van der Waals surface area contributed by atoms with E-state index in [0.29, 0.717) is 15.6 Å². The van der Waals surface area contributed by atoms with Gasteiger partial charge in [0.25, 0.3) is 5.91 Å². The van der Waals surface area contributed by atoms with Crippen LogP contribution in [-0.2, 0) is 9.53 Å². The molecular weight excluding hydrogens is 349 g/mol. The van der Waals surface area contributed by atoms with Crippen LogP contribution in [0.2, 0.25) is 10.0 Å². The van der Waals surface area contributed by atoms with Crippen molar-refractivity contribution >= 4 is 35.1 Å². The summed E-state index contributed by atoms with van der Waals surface area (Å²) in [6, 6.07) is 13.7. The Labute approximate surface area is 150 Å². The summed E-state index contributed by atoms with van der Waals surface area (Å²) in [7, 11) is 0. The highest BCUT2D eigenvalue weighted by Crippen LogP contribution is 2.25.